The highest BCUT2D eigenvalue weighted by Gasteiger charge is 1.97. The fraction of sp³-hybridized carbons (Fsp3) is 0.647. The molecule has 0 aromatic heterocycles. The summed E-state index contributed by atoms with van der Waals surface area (Å²) in [6.45, 7) is 7.04. The first-order valence-corrected chi connectivity index (χ1v) is 7.66. The molecule has 0 aliphatic heterocycles. The van der Waals surface area contributed by atoms with Gasteiger partial charge in [-0.15, -0.1) is 0 Å². The Morgan fingerprint density at radius 3 is 2.40 bits per heavy atom. The first kappa shape index (κ1) is 17.0. The normalized spacial score (nSPS) is 11.0. The second-order valence-electron chi connectivity index (χ2n) is 5.40. The molecule has 0 fully saturated rings. The van der Waals surface area contributed by atoms with E-state index < -0.39 is 0 Å². The number of unbranched alkanes of at least 4 members (excludes halogenated alkanes) is 2. The number of benzene rings is 1. The van der Waals surface area contributed by atoms with E-state index >= 15 is 0 Å². The van der Waals surface area contributed by atoms with Crippen LogP contribution in [0, 0.1) is 0 Å². The van der Waals surface area contributed by atoms with Crippen LogP contribution in [0.15, 0.2) is 24.3 Å². The van der Waals surface area contributed by atoms with Crippen LogP contribution in [-0.2, 0) is 11.2 Å². The van der Waals surface area contributed by atoms with Crippen molar-refractivity contribution in [2.24, 2.45) is 0 Å². The van der Waals surface area contributed by atoms with Gasteiger partial charge in [-0.05, 0) is 49.9 Å². The molecule has 0 aliphatic rings. The van der Waals surface area contributed by atoms with Gasteiger partial charge in [0.05, 0.1) is 13.2 Å². The van der Waals surface area contributed by atoms with E-state index in [1.54, 1.807) is 7.11 Å². The third kappa shape index (κ3) is 8.18. The lowest BCUT2D eigenvalue weighted by molar-refractivity contribution is 0.202. The molecule has 1 rings (SSSR count). The van der Waals surface area contributed by atoms with Crippen molar-refractivity contribution in [1.29, 1.82) is 0 Å². The van der Waals surface area contributed by atoms with Crippen LogP contribution < -0.4 is 10.1 Å². The quantitative estimate of drug-likeness (QED) is 0.630. The van der Waals surface area contributed by atoms with E-state index in [1.807, 2.05) is 12.1 Å². The van der Waals surface area contributed by atoms with E-state index in [0.29, 0.717) is 6.04 Å². The molecule has 0 saturated carbocycles. The van der Waals surface area contributed by atoms with Gasteiger partial charge in [0.1, 0.15) is 5.75 Å². The summed E-state index contributed by atoms with van der Waals surface area (Å²) in [6.07, 6.45) is 4.51. The Balaban J connectivity index is 2.07. The van der Waals surface area contributed by atoms with E-state index in [2.05, 4.69) is 31.3 Å². The van der Waals surface area contributed by atoms with Crippen LogP contribution in [0.25, 0.3) is 0 Å². The molecule has 1 N–H and O–H groups in total. The van der Waals surface area contributed by atoms with Crippen LogP contribution in [-0.4, -0.2) is 32.9 Å². The highest BCUT2D eigenvalue weighted by Crippen LogP contribution is 2.13. The minimum Gasteiger partial charge on any atom is -0.494 e. The lowest BCUT2D eigenvalue weighted by Crippen LogP contribution is -2.23. The zero-order chi connectivity index (χ0) is 14.6. The van der Waals surface area contributed by atoms with E-state index in [0.717, 1.165) is 38.3 Å². The predicted octanol–water partition coefficient (Wildman–Crippen LogP) is 3.42. The first-order valence-electron chi connectivity index (χ1n) is 7.66. The molecule has 0 aliphatic carbocycles. The molecule has 1 aromatic rings. The topological polar surface area (TPSA) is 30.5 Å². The smallest absolute Gasteiger partial charge is 0.119 e. The van der Waals surface area contributed by atoms with Gasteiger partial charge in [0.15, 0.2) is 0 Å². The molecule has 0 unspecified atom stereocenters. The molecule has 0 radical (unpaired) electrons. The van der Waals surface area contributed by atoms with Gasteiger partial charge in [-0.2, -0.15) is 0 Å². The standard InChI is InChI=1S/C17H29NO2/c1-15(2)18-12-5-4-6-13-20-17-9-7-16(8-10-17)11-14-19-3/h7-10,15,18H,4-6,11-14H2,1-3H3. The van der Waals surface area contributed by atoms with Crippen molar-refractivity contribution in [3.05, 3.63) is 29.8 Å². The average Bonchev–Trinajstić information content (AvgIpc) is 2.45. The summed E-state index contributed by atoms with van der Waals surface area (Å²) >= 11 is 0. The number of nitrogens with one attached hydrogen (secondary N) is 1. The third-order valence-corrected chi connectivity index (χ3v) is 3.16. The molecular formula is C17H29NO2. The molecule has 0 bridgehead atoms. The molecule has 0 saturated heterocycles. The Morgan fingerprint density at radius 2 is 1.75 bits per heavy atom. The summed E-state index contributed by atoms with van der Waals surface area (Å²) in [7, 11) is 1.73. The summed E-state index contributed by atoms with van der Waals surface area (Å²) in [5.41, 5.74) is 1.29. The summed E-state index contributed by atoms with van der Waals surface area (Å²) in [6, 6.07) is 8.90. The van der Waals surface area contributed by atoms with Gasteiger partial charge >= 0.3 is 0 Å². The van der Waals surface area contributed by atoms with Gasteiger partial charge in [0.25, 0.3) is 0 Å². The van der Waals surface area contributed by atoms with Crippen LogP contribution >= 0.6 is 0 Å². The van der Waals surface area contributed by atoms with Crippen molar-refractivity contribution < 1.29 is 9.47 Å². The third-order valence-electron chi connectivity index (χ3n) is 3.16. The summed E-state index contributed by atoms with van der Waals surface area (Å²) in [5, 5.41) is 3.43. The van der Waals surface area contributed by atoms with E-state index in [4.69, 9.17) is 9.47 Å². The molecule has 3 nitrogen and oxygen atoms in total. The van der Waals surface area contributed by atoms with E-state index in [-0.39, 0.29) is 0 Å². The highest BCUT2D eigenvalue weighted by molar-refractivity contribution is 5.27. The zero-order valence-electron chi connectivity index (χ0n) is 13.2. The maximum Gasteiger partial charge on any atom is 0.119 e. The Labute approximate surface area is 123 Å². The van der Waals surface area contributed by atoms with E-state index in [9.17, 15) is 0 Å². The second kappa shape index (κ2) is 10.7. The number of rotatable bonds is 11. The monoisotopic (exact) mass is 279 g/mol. The largest absolute Gasteiger partial charge is 0.494 e. The molecule has 0 spiro atoms. The predicted molar refractivity (Wildman–Crippen MR) is 84.5 cm³/mol. The Morgan fingerprint density at radius 1 is 1.00 bits per heavy atom. The summed E-state index contributed by atoms with van der Waals surface area (Å²) in [4.78, 5) is 0. The highest BCUT2D eigenvalue weighted by atomic mass is 16.5. The molecule has 1 aromatic carbocycles. The molecule has 0 heterocycles. The van der Waals surface area contributed by atoms with Crippen LogP contribution in [0.3, 0.4) is 0 Å². The molecular weight excluding hydrogens is 250 g/mol. The van der Waals surface area contributed by atoms with Crippen LogP contribution in [0.5, 0.6) is 5.75 Å². The number of methoxy groups -OCH3 is 1. The maximum atomic E-state index is 5.74. The summed E-state index contributed by atoms with van der Waals surface area (Å²) < 4.78 is 10.8. The fourth-order valence-electron chi connectivity index (χ4n) is 1.96. The number of ether oxygens (including phenoxy) is 2. The van der Waals surface area contributed by atoms with Crippen LogP contribution in [0.4, 0.5) is 0 Å². The number of hydrogen-bond donors (Lipinski definition) is 1. The van der Waals surface area contributed by atoms with Crippen molar-refractivity contribution in [3.63, 3.8) is 0 Å². The van der Waals surface area contributed by atoms with Crippen LogP contribution in [0.1, 0.15) is 38.7 Å². The molecule has 0 amide bonds. The van der Waals surface area contributed by atoms with Crippen molar-refractivity contribution in [1.82, 2.24) is 5.32 Å². The Hall–Kier alpha value is -1.06. The second-order valence-corrected chi connectivity index (χ2v) is 5.40. The Bertz CT molecular complexity index is 335. The average molecular weight is 279 g/mol. The van der Waals surface area contributed by atoms with Crippen LogP contribution in [0.2, 0.25) is 0 Å². The summed E-state index contributed by atoms with van der Waals surface area (Å²) in [5.74, 6) is 0.964. The lowest BCUT2D eigenvalue weighted by atomic mass is 10.1. The number of hydrogen-bond acceptors (Lipinski definition) is 3. The molecule has 114 valence electrons. The van der Waals surface area contributed by atoms with Gasteiger partial charge in [-0.3, -0.25) is 0 Å². The van der Waals surface area contributed by atoms with Gasteiger partial charge in [0, 0.05) is 13.2 Å². The van der Waals surface area contributed by atoms with Crippen molar-refractivity contribution >= 4 is 0 Å². The first-order chi connectivity index (χ1) is 9.72. The molecule has 3 heteroatoms. The maximum absolute atomic E-state index is 5.74. The van der Waals surface area contributed by atoms with Gasteiger partial charge < -0.3 is 14.8 Å². The minimum atomic E-state index is 0.586. The zero-order valence-corrected chi connectivity index (χ0v) is 13.2. The molecule has 0 atom stereocenters. The SMILES string of the molecule is COCCc1ccc(OCCCCCNC(C)C)cc1. The van der Waals surface area contributed by atoms with Crippen molar-refractivity contribution in [2.45, 2.75) is 45.6 Å². The van der Waals surface area contributed by atoms with Crippen molar-refractivity contribution in [3.8, 4) is 5.75 Å². The van der Waals surface area contributed by atoms with E-state index in [1.165, 1.54) is 18.4 Å². The fourth-order valence-corrected chi connectivity index (χ4v) is 1.96. The lowest BCUT2D eigenvalue weighted by Gasteiger charge is -2.09. The van der Waals surface area contributed by atoms with Crippen molar-refractivity contribution in [2.75, 3.05) is 26.9 Å². The minimum absolute atomic E-state index is 0.586. The Kier molecular flexibility index (Phi) is 9.09. The van der Waals surface area contributed by atoms with Gasteiger partial charge in [-0.1, -0.05) is 26.0 Å². The van der Waals surface area contributed by atoms with Gasteiger partial charge in [-0.25, -0.2) is 0 Å². The molecule has 20 heavy (non-hydrogen) atoms. The van der Waals surface area contributed by atoms with Gasteiger partial charge in [0.2, 0.25) is 0 Å².